The zero-order valence-electron chi connectivity index (χ0n) is 11.4. The molecule has 0 bridgehead atoms. The number of methoxy groups -OCH3 is 1. The fraction of sp³-hybridized carbons (Fsp3) is 0.533. The summed E-state index contributed by atoms with van der Waals surface area (Å²) < 4.78 is 10.2. The van der Waals surface area contributed by atoms with E-state index in [0.717, 1.165) is 19.3 Å². The molecule has 0 spiro atoms. The van der Waals surface area contributed by atoms with Gasteiger partial charge in [-0.3, -0.25) is 0 Å². The molecule has 1 aliphatic carbocycles. The molecular formula is C15H20O4. The van der Waals surface area contributed by atoms with Gasteiger partial charge in [-0.1, -0.05) is 0 Å². The van der Waals surface area contributed by atoms with E-state index in [4.69, 9.17) is 9.47 Å². The van der Waals surface area contributed by atoms with Gasteiger partial charge in [0, 0.05) is 5.56 Å². The topological polar surface area (TPSA) is 55.8 Å². The van der Waals surface area contributed by atoms with Crippen LogP contribution in [0.5, 0.6) is 5.75 Å². The summed E-state index contributed by atoms with van der Waals surface area (Å²) in [5.74, 6) is -0.0715. The van der Waals surface area contributed by atoms with Crippen molar-refractivity contribution < 1.29 is 19.4 Å². The van der Waals surface area contributed by atoms with E-state index in [1.807, 2.05) is 12.1 Å². The lowest BCUT2D eigenvalue weighted by molar-refractivity contribution is -0.153. The molecule has 19 heavy (non-hydrogen) atoms. The second-order valence-corrected chi connectivity index (χ2v) is 4.72. The van der Waals surface area contributed by atoms with Gasteiger partial charge in [0.1, 0.15) is 5.75 Å². The molecule has 4 nitrogen and oxygen atoms in total. The molecule has 0 radical (unpaired) electrons. The van der Waals surface area contributed by atoms with Gasteiger partial charge in [-0.2, -0.15) is 0 Å². The van der Waals surface area contributed by atoms with Crippen molar-refractivity contribution >= 4 is 5.97 Å². The molecule has 0 amide bonds. The van der Waals surface area contributed by atoms with Crippen molar-refractivity contribution in [1.29, 1.82) is 0 Å². The molecule has 0 aliphatic heterocycles. The Hall–Kier alpha value is -1.55. The Morgan fingerprint density at radius 2 is 1.95 bits per heavy atom. The van der Waals surface area contributed by atoms with Crippen molar-refractivity contribution in [3.05, 3.63) is 28.8 Å². The molecule has 2 rings (SSSR count). The number of benzene rings is 1. The van der Waals surface area contributed by atoms with Crippen LogP contribution in [0.2, 0.25) is 0 Å². The third kappa shape index (κ3) is 2.89. The van der Waals surface area contributed by atoms with Crippen LogP contribution in [-0.4, -0.2) is 24.8 Å². The summed E-state index contributed by atoms with van der Waals surface area (Å²) in [6.45, 7) is 1.97. The van der Waals surface area contributed by atoms with Crippen molar-refractivity contribution in [2.75, 3.05) is 13.7 Å². The summed E-state index contributed by atoms with van der Waals surface area (Å²) in [5, 5.41) is 10.1. The van der Waals surface area contributed by atoms with E-state index in [9.17, 15) is 9.90 Å². The van der Waals surface area contributed by atoms with Gasteiger partial charge in [0.2, 0.25) is 0 Å². The monoisotopic (exact) mass is 264 g/mol. The number of aliphatic hydroxyl groups is 1. The Morgan fingerprint density at radius 1 is 1.32 bits per heavy atom. The van der Waals surface area contributed by atoms with E-state index in [-0.39, 0.29) is 6.61 Å². The molecule has 4 heteroatoms. The maximum absolute atomic E-state index is 11.7. The van der Waals surface area contributed by atoms with E-state index in [2.05, 4.69) is 0 Å². The van der Waals surface area contributed by atoms with Gasteiger partial charge in [-0.25, -0.2) is 4.79 Å². The lowest BCUT2D eigenvalue weighted by Crippen LogP contribution is -2.17. The quantitative estimate of drug-likeness (QED) is 0.847. The van der Waals surface area contributed by atoms with Gasteiger partial charge in [0.25, 0.3) is 0 Å². The van der Waals surface area contributed by atoms with Crippen LogP contribution in [0.3, 0.4) is 0 Å². The average Bonchev–Trinajstić information content (AvgIpc) is 2.45. The molecule has 1 N–H and O–H groups in total. The van der Waals surface area contributed by atoms with Crippen LogP contribution in [0.25, 0.3) is 0 Å². The van der Waals surface area contributed by atoms with Gasteiger partial charge in [-0.15, -0.1) is 0 Å². The minimum absolute atomic E-state index is 0.253. The second kappa shape index (κ2) is 6.06. The number of fused-ring (bicyclic) bond motifs is 1. The first-order valence-corrected chi connectivity index (χ1v) is 6.71. The molecule has 0 saturated carbocycles. The molecular weight excluding hydrogens is 244 g/mol. The first kappa shape index (κ1) is 13.9. The van der Waals surface area contributed by atoms with Crippen LogP contribution in [0.4, 0.5) is 0 Å². The second-order valence-electron chi connectivity index (χ2n) is 4.72. The molecule has 0 saturated heterocycles. The van der Waals surface area contributed by atoms with Gasteiger partial charge in [-0.05, 0) is 55.9 Å². The smallest absolute Gasteiger partial charge is 0.339 e. The molecule has 1 atom stereocenters. The van der Waals surface area contributed by atoms with E-state index < -0.39 is 12.1 Å². The molecule has 0 fully saturated rings. The number of ether oxygens (including phenoxy) is 2. The van der Waals surface area contributed by atoms with Crippen LogP contribution in [0, 0.1) is 0 Å². The number of aryl methyl sites for hydroxylation is 2. The molecule has 0 aromatic heterocycles. The number of carbonyl (C=O) groups is 1. The van der Waals surface area contributed by atoms with Gasteiger partial charge >= 0.3 is 5.97 Å². The predicted octanol–water partition coefficient (Wildman–Crippen LogP) is 2.17. The fourth-order valence-electron chi connectivity index (χ4n) is 2.52. The number of aliphatic hydroxyl groups excluding tert-OH is 1. The van der Waals surface area contributed by atoms with E-state index in [1.54, 1.807) is 14.0 Å². The first-order chi connectivity index (χ1) is 9.17. The third-order valence-electron chi connectivity index (χ3n) is 3.50. The van der Waals surface area contributed by atoms with Crippen molar-refractivity contribution in [3.63, 3.8) is 0 Å². The fourth-order valence-corrected chi connectivity index (χ4v) is 2.52. The van der Waals surface area contributed by atoms with Crippen LogP contribution in [-0.2, 0) is 22.4 Å². The molecule has 1 aromatic carbocycles. The summed E-state index contributed by atoms with van der Waals surface area (Å²) in [5.41, 5.74) is 2.95. The molecule has 1 aromatic rings. The minimum atomic E-state index is -1.28. The van der Waals surface area contributed by atoms with Crippen LogP contribution in [0.1, 0.15) is 42.6 Å². The van der Waals surface area contributed by atoms with Crippen LogP contribution in [0.15, 0.2) is 12.1 Å². The molecule has 104 valence electrons. The average molecular weight is 264 g/mol. The number of rotatable bonds is 4. The molecule has 1 aliphatic rings. The van der Waals surface area contributed by atoms with Crippen LogP contribution >= 0.6 is 0 Å². The van der Waals surface area contributed by atoms with Crippen molar-refractivity contribution in [3.8, 4) is 5.75 Å². The summed E-state index contributed by atoms with van der Waals surface area (Å²) in [6.07, 6.45) is 3.07. The maximum Gasteiger partial charge on any atom is 0.339 e. The number of hydrogen-bond donors (Lipinski definition) is 1. The Kier molecular flexibility index (Phi) is 4.43. The molecule has 0 heterocycles. The lowest BCUT2D eigenvalue weighted by Gasteiger charge is -2.21. The summed E-state index contributed by atoms with van der Waals surface area (Å²) in [4.78, 5) is 11.7. The third-order valence-corrected chi connectivity index (χ3v) is 3.50. The minimum Gasteiger partial charge on any atom is -0.496 e. The highest BCUT2D eigenvalue weighted by Gasteiger charge is 2.24. The van der Waals surface area contributed by atoms with Gasteiger partial charge in [0.15, 0.2) is 6.10 Å². The van der Waals surface area contributed by atoms with Crippen molar-refractivity contribution in [2.45, 2.75) is 38.7 Å². The largest absolute Gasteiger partial charge is 0.496 e. The zero-order valence-corrected chi connectivity index (χ0v) is 11.4. The zero-order chi connectivity index (χ0) is 13.8. The Labute approximate surface area is 113 Å². The predicted molar refractivity (Wildman–Crippen MR) is 71.2 cm³/mol. The van der Waals surface area contributed by atoms with Gasteiger partial charge < -0.3 is 14.6 Å². The maximum atomic E-state index is 11.7. The highest BCUT2D eigenvalue weighted by atomic mass is 16.5. The Morgan fingerprint density at radius 3 is 2.53 bits per heavy atom. The highest BCUT2D eigenvalue weighted by Crippen LogP contribution is 2.33. The van der Waals surface area contributed by atoms with Gasteiger partial charge in [0.05, 0.1) is 13.7 Å². The van der Waals surface area contributed by atoms with E-state index in [0.29, 0.717) is 11.3 Å². The first-order valence-electron chi connectivity index (χ1n) is 6.71. The van der Waals surface area contributed by atoms with Crippen molar-refractivity contribution in [1.82, 2.24) is 0 Å². The Balaban J connectivity index is 2.35. The van der Waals surface area contributed by atoms with E-state index in [1.165, 1.54) is 17.5 Å². The Bertz CT molecular complexity index is 467. The summed E-state index contributed by atoms with van der Waals surface area (Å²) >= 11 is 0. The summed E-state index contributed by atoms with van der Waals surface area (Å²) in [7, 11) is 1.55. The standard InChI is InChI=1S/C15H20O4/c1-3-19-15(17)14(16)12-8-10-6-4-5-7-11(10)9-13(12)18-2/h8-9,14,16H,3-7H2,1-2H3. The summed E-state index contributed by atoms with van der Waals surface area (Å²) in [6, 6.07) is 3.82. The normalized spacial score (nSPS) is 15.5. The van der Waals surface area contributed by atoms with Crippen molar-refractivity contribution in [2.24, 2.45) is 0 Å². The SMILES string of the molecule is CCOC(=O)C(O)c1cc2c(cc1OC)CCCC2. The number of esters is 1. The molecule has 1 unspecified atom stereocenters. The highest BCUT2D eigenvalue weighted by molar-refractivity contribution is 5.77. The number of carbonyl (C=O) groups excluding carboxylic acids is 1. The lowest BCUT2D eigenvalue weighted by atomic mass is 9.89. The van der Waals surface area contributed by atoms with Crippen LogP contribution < -0.4 is 4.74 Å². The van der Waals surface area contributed by atoms with E-state index >= 15 is 0 Å². The number of hydrogen-bond acceptors (Lipinski definition) is 4.